The SMILES string of the molecule is C(/C=C(\c1ccccc1)c1ccc(N(Cc2ccccc2)Cc2ccccc2)cc1)=C(c1ccccc1)c1ccccc1. The topological polar surface area (TPSA) is 3.24 Å². The number of hydrogen-bond donors (Lipinski definition) is 0. The molecule has 0 spiro atoms. The van der Waals surface area contributed by atoms with Gasteiger partial charge in [-0.15, -0.1) is 0 Å². The summed E-state index contributed by atoms with van der Waals surface area (Å²) in [6, 6.07) is 62.4. The molecule has 0 aromatic heterocycles. The molecule has 0 radical (unpaired) electrons. The third-order valence-corrected chi connectivity index (χ3v) is 7.65. The van der Waals surface area contributed by atoms with Gasteiger partial charge >= 0.3 is 0 Å². The van der Waals surface area contributed by atoms with Crippen molar-refractivity contribution in [2.24, 2.45) is 0 Å². The largest absolute Gasteiger partial charge is 0.363 e. The molecule has 1 nitrogen and oxygen atoms in total. The summed E-state index contributed by atoms with van der Waals surface area (Å²) < 4.78 is 0. The van der Waals surface area contributed by atoms with E-state index in [1.807, 2.05) is 0 Å². The van der Waals surface area contributed by atoms with Gasteiger partial charge in [-0.25, -0.2) is 0 Å². The number of allylic oxidation sites excluding steroid dienone is 2. The first-order valence-electron chi connectivity index (χ1n) is 14.8. The van der Waals surface area contributed by atoms with Crippen LogP contribution < -0.4 is 4.90 Å². The smallest absolute Gasteiger partial charge is 0.0433 e. The van der Waals surface area contributed by atoms with E-state index in [0.717, 1.165) is 13.1 Å². The highest BCUT2D eigenvalue weighted by Crippen LogP contribution is 2.30. The second-order valence-corrected chi connectivity index (χ2v) is 10.6. The second kappa shape index (κ2) is 14.0. The molecule has 6 rings (SSSR count). The summed E-state index contributed by atoms with van der Waals surface area (Å²) in [6.45, 7) is 1.69. The molecule has 0 heterocycles. The summed E-state index contributed by atoms with van der Waals surface area (Å²) in [4.78, 5) is 2.45. The van der Waals surface area contributed by atoms with Gasteiger partial charge in [0.1, 0.15) is 0 Å². The molecule has 0 aliphatic rings. The first-order chi connectivity index (χ1) is 21.3. The second-order valence-electron chi connectivity index (χ2n) is 10.6. The molecule has 6 aromatic rings. The summed E-state index contributed by atoms with van der Waals surface area (Å²) in [6.07, 6.45) is 4.53. The molecule has 208 valence electrons. The summed E-state index contributed by atoms with van der Waals surface area (Å²) >= 11 is 0. The predicted octanol–water partition coefficient (Wildman–Crippen LogP) is 10.5. The number of benzene rings is 6. The maximum absolute atomic E-state index is 2.45. The molecular formula is C42H35N. The lowest BCUT2D eigenvalue weighted by Gasteiger charge is -2.26. The Morgan fingerprint density at radius 1 is 0.349 bits per heavy atom. The molecule has 0 unspecified atom stereocenters. The van der Waals surface area contributed by atoms with Crippen LogP contribution in [0.3, 0.4) is 0 Å². The van der Waals surface area contributed by atoms with Crippen LogP contribution in [0, 0.1) is 0 Å². The highest BCUT2D eigenvalue weighted by atomic mass is 15.1. The average Bonchev–Trinajstić information content (AvgIpc) is 3.09. The van der Waals surface area contributed by atoms with E-state index < -0.39 is 0 Å². The Morgan fingerprint density at radius 3 is 1.00 bits per heavy atom. The van der Waals surface area contributed by atoms with Gasteiger partial charge in [0.05, 0.1) is 0 Å². The number of hydrogen-bond acceptors (Lipinski definition) is 1. The quantitative estimate of drug-likeness (QED) is 0.153. The molecule has 1 heteroatoms. The van der Waals surface area contributed by atoms with Crippen LogP contribution in [0.25, 0.3) is 11.1 Å². The highest BCUT2D eigenvalue weighted by molar-refractivity contribution is 5.86. The highest BCUT2D eigenvalue weighted by Gasteiger charge is 2.11. The van der Waals surface area contributed by atoms with Crippen LogP contribution in [-0.2, 0) is 13.1 Å². The number of anilines is 1. The van der Waals surface area contributed by atoms with E-state index in [1.165, 1.54) is 50.2 Å². The molecule has 0 amide bonds. The fourth-order valence-corrected chi connectivity index (χ4v) is 5.44. The van der Waals surface area contributed by atoms with E-state index in [4.69, 9.17) is 0 Å². The van der Waals surface area contributed by atoms with Gasteiger partial charge in [0, 0.05) is 18.8 Å². The minimum absolute atomic E-state index is 0.844. The molecule has 0 bridgehead atoms. The van der Waals surface area contributed by atoms with Crippen LogP contribution in [0.15, 0.2) is 188 Å². The van der Waals surface area contributed by atoms with Crippen molar-refractivity contribution in [3.8, 4) is 0 Å². The molecule has 43 heavy (non-hydrogen) atoms. The van der Waals surface area contributed by atoms with E-state index in [-0.39, 0.29) is 0 Å². The van der Waals surface area contributed by atoms with Crippen LogP contribution in [0.1, 0.15) is 33.4 Å². The van der Waals surface area contributed by atoms with Crippen molar-refractivity contribution in [2.75, 3.05) is 4.90 Å². The summed E-state index contributed by atoms with van der Waals surface area (Å²) in [5, 5.41) is 0. The van der Waals surface area contributed by atoms with Crippen molar-refractivity contribution in [3.05, 3.63) is 221 Å². The zero-order chi connectivity index (χ0) is 29.1. The summed E-state index contributed by atoms with van der Waals surface area (Å²) in [5.74, 6) is 0. The molecule has 0 aliphatic heterocycles. The van der Waals surface area contributed by atoms with Gasteiger partial charge in [-0.2, -0.15) is 0 Å². The minimum atomic E-state index is 0.844. The Bertz CT molecular complexity index is 1670. The van der Waals surface area contributed by atoms with Crippen molar-refractivity contribution in [3.63, 3.8) is 0 Å². The first kappa shape index (κ1) is 27.8. The Hall–Kier alpha value is -5.40. The fraction of sp³-hybridized carbons (Fsp3) is 0.0476. The molecule has 0 N–H and O–H groups in total. The van der Waals surface area contributed by atoms with Gasteiger partial charge in [-0.05, 0) is 56.7 Å². The van der Waals surface area contributed by atoms with E-state index >= 15 is 0 Å². The molecule has 0 fully saturated rings. The standard InChI is InChI=1S/C42H35N/c1-6-16-34(17-7-1)32-43(33-35-18-8-2-9-19-35)40-28-26-39(27-29-40)42(38-24-14-5-15-25-38)31-30-41(36-20-10-3-11-21-36)37-22-12-4-13-23-37/h1-31H,32-33H2/b42-31+. The normalized spacial score (nSPS) is 11.1. The molecule has 0 saturated heterocycles. The lowest BCUT2D eigenvalue weighted by Crippen LogP contribution is -2.22. The summed E-state index contributed by atoms with van der Waals surface area (Å²) in [7, 11) is 0. The third-order valence-electron chi connectivity index (χ3n) is 7.65. The lowest BCUT2D eigenvalue weighted by atomic mass is 9.94. The Labute approximate surface area is 255 Å². The Kier molecular flexibility index (Phi) is 9.02. The van der Waals surface area contributed by atoms with E-state index in [0.29, 0.717) is 0 Å². The Morgan fingerprint density at radius 2 is 0.651 bits per heavy atom. The number of nitrogens with zero attached hydrogens (tertiary/aromatic N) is 1. The van der Waals surface area contributed by atoms with Crippen molar-refractivity contribution in [1.82, 2.24) is 0 Å². The van der Waals surface area contributed by atoms with Crippen LogP contribution in [-0.4, -0.2) is 0 Å². The molecule has 0 atom stereocenters. The fourth-order valence-electron chi connectivity index (χ4n) is 5.44. The first-order valence-corrected chi connectivity index (χ1v) is 14.8. The van der Waals surface area contributed by atoms with Crippen LogP contribution in [0.2, 0.25) is 0 Å². The van der Waals surface area contributed by atoms with Crippen LogP contribution in [0.4, 0.5) is 5.69 Å². The van der Waals surface area contributed by atoms with Gasteiger partial charge in [0.15, 0.2) is 0 Å². The molecule has 6 aromatic carbocycles. The lowest BCUT2D eigenvalue weighted by molar-refractivity contribution is 0.800. The van der Waals surface area contributed by atoms with E-state index in [2.05, 4.69) is 193 Å². The van der Waals surface area contributed by atoms with Crippen molar-refractivity contribution in [1.29, 1.82) is 0 Å². The molecule has 0 aliphatic carbocycles. The van der Waals surface area contributed by atoms with Crippen LogP contribution in [0.5, 0.6) is 0 Å². The molecule has 0 saturated carbocycles. The zero-order valence-corrected chi connectivity index (χ0v) is 24.3. The van der Waals surface area contributed by atoms with Gasteiger partial charge < -0.3 is 4.90 Å². The third kappa shape index (κ3) is 7.28. The van der Waals surface area contributed by atoms with Crippen molar-refractivity contribution in [2.45, 2.75) is 13.1 Å². The summed E-state index contributed by atoms with van der Waals surface area (Å²) in [5.41, 5.74) is 11.0. The van der Waals surface area contributed by atoms with Gasteiger partial charge in [0.25, 0.3) is 0 Å². The maximum atomic E-state index is 2.45. The maximum Gasteiger partial charge on any atom is 0.0433 e. The van der Waals surface area contributed by atoms with E-state index in [1.54, 1.807) is 0 Å². The molecular weight excluding hydrogens is 518 g/mol. The van der Waals surface area contributed by atoms with Gasteiger partial charge in [-0.3, -0.25) is 0 Å². The van der Waals surface area contributed by atoms with Crippen molar-refractivity contribution >= 4 is 16.8 Å². The van der Waals surface area contributed by atoms with Crippen LogP contribution >= 0.6 is 0 Å². The van der Waals surface area contributed by atoms with Crippen molar-refractivity contribution < 1.29 is 0 Å². The average molecular weight is 554 g/mol. The Balaban J connectivity index is 1.38. The van der Waals surface area contributed by atoms with Gasteiger partial charge in [-0.1, -0.05) is 176 Å². The number of rotatable bonds is 10. The van der Waals surface area contributed by atoms with Gasteiger partial charge in [0.2, 0.25) is 0 Å². The zero-order valence-electron chi connectivity index (χ0n) is 24.3. The predicted molar refractivity (Wildman–Crippen MR) is 183 cm³/mol. The minimum Gasteiger partial charge on any atom is -0.363 e. The van der Waals surface area contributed by atoms with E-state index in [9.17, 15) is 0 Å². The monoisotopic (exact) mass is 553 g/mol.